The number of hydrogen-bond acceptors (Lipinski definition) is 9. The molecule has 0 aliphatic rings. The minimum absolute atomic E-state index is 0.00358. The summed E-state index contributed by atoms with van der Waals surface area (Å²) in [4.78, 5) is 46.6. The van der Waals surface area contributed by atoms with Crippen LogP contribution < -0.4 is 10.2 Å². The molecule has 0 saturated carbocycles. The van der Waals surface area contributed by atoms with E-state index in [9.17, 15) is 49.5 Å². The van der Waals surface area contributed by atoms with Crippen LogP contribution in [0.3, 0.4) is 0 Å². The van der Waals surface area contributed by atoms with Gasteiger partial charge >= 0.3 is 18.0 Å². The molecule has 0 fully saturated rings. The van der Waals surface area contributed by atoms with Crippen LogP contribution in [0.4, 0.5) is 62.9 Å². The number of nitrogens with zero attached hydrogens (tertiary/aromatic N) is 3. The van der Waals surface area contributed by atoms with Crippen molar-refractivity contribution in [3.05, 3.63) is 155 Å². The number of carbonyl (C=O) groups is 3. The van der Waals surface area contributed by atoms with E-state index in [4.69, 9.17) is 14.2 Å². The number of anilines is 4. The summed E-state index contributed by atoms with van der Waals surface area (Å²) < 4.78 is 128. The first-order valence-corrected chi connectivity index (χ1v) is 18.8. The van der Waals surface area contributed by atoms with Crippen LogP contribution in [0.5, 0.6) is 0 Å². The van der Waals surface area contributed by atoms with Crippen LogP contribution in [0.1, 0.15) is 55.3 Å². The van der Waals surface area contributed by atoms with Crippen molar-refractivity contribution in [2.45, 2.75) is 40.2 Å². The van der Waals surface area contributed by atoms with Crippen LogP contribution in [-0.2, 0) is 14.2 Å². The molecule has 0 aliphatic carbocycles. The smallest absolute Gasteiger partial charge is 0.420 e. The van der Waals surface area contributed by atoms with Gasteiger partial charge in [-0.05, 0) is 107 Å². The summed E-state index contributed by atoms with van der Waals surface area (Å²) in [6.07, 6.45) is -1.18. The lowest BCUT2D eigenvalue weighted by atomic mass is 10.0. The molecule has 0 radical (unpaired) electrons. The van der Waals surface area contributed by atoms with Gasteiger partial charge in [0.05, 0.1) is 35.7 Å². The SMILES string of the molecule is CCOC(=O)c1ccc(N(C(=O)OC(C)(C)C)c2c(F)cccc2F)nc1-c1ccc(F)cc1F.CCOC(=O)c1ccc(Nc2c(F)cccc2F)nc1-c1ccc(F)cc1F. The maximum Gasteiger partial charge on any atom is 0.420 e. The number of rotatable bonds is 10. The second-order valence-electron chi connectivity index (χ2n) is 14.0. The van der Waals surface area contributed by atoms with E-state index in [2.05, 4.69) is 15.3 Å². The number of carbonyl (C=O) groups excluding carboxylic acids is 3. The molecule has 0 atom stereocenters. The standard InChI is InChI=1S/C25H22F4N2O4.C20H14F4N2O2/c1-5-34-23(32)16-11-12-20(30-21(16)15-10-9-14(26)13-19(15)29)31(24(33)35-25(2,3)4)22-17(27)7-6-8-18(22)28;1-2-28-20(27)13-8-9-17(26-19-14(22)4-3-5-15(19)23)25-18(13)12-7-6-11(21)10-16(12)24/h6-13H,5H2,1-4H3;3-10H,2H2,1H3,(H,25,26). The van der Waals surface area contributed by atoms with E-state index in [0.29, 0.717) is 17.0 Å². The molecule has 6 rings (SSSR count). The average molecular weight is 881 g/mol. The van der Waals surface area contributed by atoms with E-state index in [0.717, 1.165) is 66.7 Å². The Balaban J connectivity index is 0.000000243. The number of esters is 2. The fourth-order valence-electron chi connectivity index (χ4n) is 5.68. The summed E-state index contributed by atoms with van der Waals surface area (Å²) in [7, 11) is 0. The fourth-order valence-corrected chi connectivity index (χ4v) is 5.68. The van der Waals surface area contributed by atoms with E-state index < -0.39 is 81.5 Å². The van der Waals surface area contributed by atoms with Gasteiger partial charge in [-0.25, -0.2) is 64.4 Å². The van der Waals surface area contributed by atoms with Crippen LogP contribution in [-0.4, -0.2) is 46.8 Å². The van der Waals surface area contributed by atoms with Crippen molar-refractivity contribution in [2.75, 3.05) is 23.4 Å². The van der Waals surface area contributed by atoms with Gasteiger partial charge in [-0.2, -0.15) is 0 Å². The maximum absolute atomic E-state index is 14.7. The molecule has 0 saturated heterocycles. The van der Waals surface area contributed by atoms with Gasteiger partial charge in [-0.15, -0.1) is 0 Å². The number of aromatic nitrogens is 2. The summed E-state index contributed by atoms with van der Waals surface area (Å²) >= 11 is 0. The Kier molecular flexibility index (Phi) is 14.8. The number of pyridine rings is 2. The van der Waals surface area contributed by atoms with Crippen LogP contribution in [0.2, 0.25) is 0 Å². The highest BCUT2D eigenvalue weighted by molar-refractivity contribution is 6.00. The third kappa shape index (κ3) is 11.3. The van der Waals surface area contributed by atoms with Crippen molar-refractivity contribution < 1.29 is 63.7 Å². The van der Waals surface area contributed by atoms with E-state index in [1.54, 1.807) is 34.6 Å². The Morgan fingerprint density at radius 1 is 0.587 bits per heavy atom. The third-order valence-corrected chi connectivity index (χ3v) is 8.32. The lowest BCUT2D eigenvalue weighted by Gasteiger charge is -2.27. The van der Waals surface area contributed by atoms with Crippen LogP contribution in [0.25, 0.3) is 22.5 Å². The monoisotopic (exact) mass is 880 g/mol. The molecule has 0 unspecified atom stereocenters. The molecule has 1 N–H and O–H groups in total. The van der Waals surface area contributed by atoms with Gasteiger partial charge < -0.3 is 19.5 Å². The molecular weight excluding hydrogens is 845 g/mol. The van der Waals surface area contributed by atoms with Crippen molar-refractivity contribution in [2.24, 2.45) is 0 Å². The highest BCUT2D eigenvalue weighted by atomic mass is 19.2. The van der Waals surface area contributed by atoms with E-state index >= 15 is 0 Å². The number of amides is 1. The Labute approximate surface area is 355 Å². The molecule has 18 heteroatoms. The highest BCUT2D eigenvalue weighted by Gasteiger charge is 2.32. The van der Waals surface area contributed by atoms with E-state index in [-0.39, 0.29) is 58.5 Å². The van der Waals surface area contributed by atoms with Crippen molar-refractivity contribution in [1.82, 2.24) is 9.97 Å². The second-order valence-corrected chi connectivity index (χ2v) is 14.0. The van der Waals surface area contributed by atoms with Gasteiger partial charge in [0, 0.05) is 23.3 Å². The second kappa shape index (κ2) is 20.0. The van der Waals surface area contributed by atoms with Crippen LogP contribution in [0, 0.1) is 46.5 Å². The Bertz CT molecular complexity index is 2640. The minimum atomic E-state index is -1.18. The van der Waals surface area contributed by atoms with Crippen molar-refractivity contribution in [1.29, 1.82) is 0 Å². The molecule has 0 bridgehead atoms. The number of ether oxygens (including phenoxy) is 3. The summed E-state index contributed by atoms with van der Waals surface area (Å²) in [5.74, 6) is -9.65. The molecule has 10 nitrogen and oxygen atoms in total. The Hall–Kier alpha value is -7.37. The third-order valence-electron chi connectivity index (χ3n) is 8.32. The predicted octanol–water partition coefficient (Wildman–Crippen LogP) is 11.8. The number of nitrogens with one attached hydrogen (secondary N) is 1. The van der Waals surface area contributed by atoms with Gasteiger partial charge in [-0.1, -0.05) is 12.1 Å². The average Bonchev–Trinajstić information content (AvgIpc) is 3.20. The van der Waals surface area contributed by atoms with Crippen molar-refractivity contribution in [3.8, 4) is 22.5 Å². The Morgan fingerprint density at radius 3 is 1.51 bits per heavy atom. The van der Waals surface area contributed by atoms with Crippen LogP contribution in [0.15, 0.2) is 97.1 Å². The molecule has 63 heavy (non-hydrogen) atoms. The molecule has 1 amide bonds. The molecule has 0 aliphatic heterocycles. The van der Waals surface area contributed by atoms with Gasteiger partial charge in [0.25, 0.3) is 0 Å². The first-order valence-electron chi connectivity index (χ1n) is 18.8. The van der Waals surface area contributed by atoms with Crippen molar-refractivity contribution in [3.63, 3.8) is 0 Å². The first-order chi connectivity index (χ1) is 29.8. The minimum Gasteiger partial charge on any atom is -0.462 e. The normalized spacial score (nSPS) is 10.9. The molecule has 328 valence electrons. The number of halogens is 8. The topological polar surface area (TPSA) is 120 Å². The first kappa shape index (κ1) is 46.7. The fraction of sp³-hybridized carbons (Fsp3) is 0.178. The molecule has 2 aromatic heterocycles. The largest absolute Gasteiger partial charge is 0.462 e. The summed E-state index contributed by atoms with van der Waals surface area (Å²) in [5.41, 5.74) is -3.52. The predicted molar refractivity (Wildman–Crippen MR) is 215 cm³/mol. The summed E-state index contributed by atoms with van der Waals surface area (Å²) in [5, 5.41) is 2.47. The Morgan fingerprint density at radius 2 is 1.05 bits per heavy atom. The van der Waals surface area contributed by atoms with Crippen molar-refractivity contribution >= 4 is 41.0 Å². The molecule has 6 aromatic rings. The summed E-state index contributed by atoms with van der Waals surface area (Å²) in [6, 6.07) is 16.5. The van der Waals surface area contributed by atoms with Gasteiger partial charge in [0.15, 0.2) is 0 Å². The zero-order valence-corrected chi connectivity index (χ0v) is 34.0. The highest BCUT2D eigenvalue weighted by Crippen LogP contribution is 2.35. The zero-order chi connectivity index (χ0) is 46.2. The molecular formula is C45H36F8N4O6. The van der Waals surface area contributed by atoms with Gasteiger partial charge in [0.2, 0.25) is 0 Å². The molecule has 0 spiro atoms. The molecule has 4 aromatic carbocycles. The van der Waals surface area contributed by atoms with E-state index in [1.807, 2.05) is 0 Å². The van der Waals surface area contributed by atoms with Gasteiger partial charge in [-0.3, -0.25) is 0 Å². The van der Waals surface area contributed by atoms with Gasteiger partial charge in [0.1, 0.15) is 75.1 Å². The number of para-hydroxylation sites is 2. The lowest BCUT2D eigenvalue weighted by Crippen LogP contribution is -2.35. The quantitative estimate of drug-likeness (QED) is 0.0814. The number of benzene rings is 4. The lowest BCUT2D eigenvalue weighted by molar-refractivity contribution is 0.0517. The molecule has 2 heterocycles. The number of hydrogen-bond donors (Lipinski definition) is 1. The summed E-state index contributed by atoms with van der Waals surface area (Å²) in [6.45, 7) is 7.89. The zero-order valence-electron chi connectivity index (χ0n) is 34.0. The van der Waals surface area contributed by atoms with E-state index in [1.165, 1.54) is 18.2 Å². The maximum atomic E-state index is 14.7. The van der Waals surface area contributed by atoms with Crippen LogP contribution >= 0.6 is 0 Å².